The highest BCUT2D eigenvalue weighted by Crippen LogP contribution is 2.37. The molecular formula is C25H23N3O. The first-order chi connectivity index (χ1) is 14.1. The van der Waals surface area contributed by atoms with Crippen LogP contribution >= 0.6 is 0 Å². The van der Waals surface area contributed by atoms with Crippen LogP contribution in [0.4, 0.5) is 0 Å². The average Bonchev–Trinajstić information content (AvgIpc) is 3.18. The van der Waals surface area contributed by atoms with Gasteiger partial charge in [0.2, 0.25) is 0 Å². The zero-order valence-electron chi connectivity index (χ0n) is 17.1. The van der Waals surface area contributed by atoms with Gasteiger partial charge in [0, 0.05) is 22.5 Å². The molecule has 4 heteroatoms. The van der Waals surface area contributed by atoms with Gasteiger partial charge in [0.15, 0.2) is 0 Å². The van der Waals surface area contributed by atoms with Crippen molar-refractivity contribution < 1.29 is 4.74 Å². The van der Waals surface area contributed by atoms with Gasteiger partial charge in [0.05, 0.1) is 30.0 Å². The van der Waals surface area contributed by atoms with Gasteiger partial charge in [-0.2, -0.15) is 0 Å². The van der Waals surface area contributed by atoms with Gasteiger partial charge >= 0.3 is 0 Å². The minimum atomic E-state index is 0.421. The average molecular weight is 381 g/mol. The summed E-state index contributed by atoms with van der Waals surface area (Å²) in [7, 11) is 1.69. The molecule has 0 fully saturated rings. The molecule has 2 aromatic carbocycles. The van der Waals surface area contributed by atoms with Gasteiger partial charge < -0.3 is 4.74 Å². The van der Waals surface area contributed by atoms with Crippen molar-refractivity contribution in [2.45, 2.75) is 26.7 Å². The number of methoxy groups -OCH3 is 1. The topological polar surface area (TPSA) is 39.4 Å². The molecule has 0 aliphatic carbocycles. The Hall–Kier alpha value is -3.40. The largest absolute Gasteiger partial charge is 0.497 e. The molecule has 0 bridgehead atoms. The zero-order chi connectivity index (χ0) is 20.1. The fraction of sp³-hybridized carbons (Fsp3) is 0.200. The lowest BCUT2D eigenvalue weighted by Gasteiger charge is -2.17. The quantitative estimate of drug-likeness (QED) is 0.352. The molecule has 0 aliphatic heterocycles. The SMILES string of the molecule is COc1ccc2c(c1)c1ncccc1n1c(-c3c(C)cccc3C(C)C)cnc21. The predicted molar refractivity (Wildman–Crippen MR) is 119 cm³/mol. The smallest absolute Gasteiger partial charge is 0.145 e. The molecule has 3 heterocycles. The van der Waals surface area contributed by atoms with Gasteiger partial charge in [-0.1, -0.05) is 32.0 Å². The summed E-state index contributed by atoms with van der Waals surface area (Å²) in [6.45, 7) is 6.65. The molecule has 144 valence electrons. The van der Waals surface area contributed by atoms with Crippen molar-refractivity contribution in [3.05, 3.63) is 72.1 Å². The summed E-state index contributed by atoms with van der Waals surface area (Å²) in [6, 6.07) is 16.7. The Bertz CT molecular complexity index is 1380. The number of rotatable bonds is 3. The molecule has 0 saturated heterocycles. The molecule has 0 atom stereocenters. The molecule has 0 unspecified atom stereocenters. The van der Waals surface area contributed by atoms with E-state index in [2.05, 4.69) is 55.5 Å². The van der Waals surface area contributed by atoms with Crippen LogP contribution in [0.3, 0.4) is 0 Å². The lowest BCUT2D eigenvalue weighted by molar-refractivity contribution is 0.415. The van der Waals surface area contributed by atoms with Crippen LogP contribution in [0.1, 0.15) is 30.9 Å². The fourth-order valence-electron chi connectivity index (χ4n) is 4.31. The Kier molecular flexibility index (Phi) is 4.02. The van der Waals surface area contributed by atoms with Gasteiger partial charge in [-0.05, 0) is 54.3 Å². The minimum absolute atomic E-state index is 0.421. The van der Waals surface area contributed by atoms with E-state index < -0.39 is 0 Å². The van der Waals surface area contributed by atoms with Crippen LogP contribution in [0.5, 0.6) is 5.75 Å². The highest BCUT2D eigenvalue weighted by Gasteiger charge is 2.19. The van der Waals surface area contributed by atoms with E-state index in [-0.39, 0.29) is 0 Å². The molecule has 0 amide bonds. The van der Waals surface area contributed by atoms with Gasteiger partial charge in [-0.25, -0.2) is 4.98 Å². The van der Waals surface area contributed by atoms with Crippen LogP contribution in [0.2, 0.25) is 0 Å². The molecule has 5 aromatic rings. The fourth-order valence-corrected chi connectivity index (χ4v) is 4.31. The Morgan fingerprint density at radius 2 is 1.83 bits per heavy atom. The van der Waals surface area contributed by atoms with Crippen molar-refractivity contribution in [2.75, 3.05) is 7.11 Å². The van der Waals surface area contributed by atoms with Crippen LogP contribution in [-0.4, -0.2) is 21.5 Å². The van der Waals surface area contributed by atoms with Crippen molar-refractivity contribution in [1.82, 2.24) is 14.4 Å². The molecular weight excluding hydrogens is 358 g/mol. The Morgan fingerprint density at radius 1 is 0.966 bits per heavy atom. The number of ether oxygens (including phenoxy) is 1. The number of fused-ring (bicyclic) bond motifs is 6. The Balaban J connectivity index is 1.98. The number of aryl methyl sites for hydroxylation is 1. The molecule has 0 aliphatic rings. The number of benzene rings is 2. The summed E-state index contributed by atoms with van der Waals surface area (Å²) in [4.78, 5) is 9.59. The molecule has 0 spiro atoms. The number of aromatic nitrogens is 3. The third-order valence-corrected chi connectivity index (χ3v) is 5.70. The normalized spacial score (nSPS) is 11.8. The highest BCUT2D eigenvalue weighted by molar-refractivity contribution is 6.11. The number of hydrogen-bond donors (Lipinski definition) is 0. The summed E-state index contributed by atoms with van der Waals surface area (Å²) in [5.41, 5.74) is 7.90. The van der Waals surface area contributed by atoms with Gasteiger partial charge in [0.25, 0.3) is 0 Å². The summed E-state index contributed by atoms with van der Waals surface area (Å²) in [6.07, 6.45) is 3.84. The number of nitrogens with zero attached hydrogens (tertiary/aromatic N) is 3. The third-order valence-electron chi connectivity index (χ3n) is 5.70. The summed E-state index contributed by atoms with van der Waals surface area (Å²) in [5, 5.41) is 2.13. The first-order valence-corrected chi connectivity index (χ1v) is 9.92. The first-order valence-electron chi connectivity index (χ1n) is 9.92. The second-order valence-corrected chi connectivity index (χ2v) is 7.78. The number of imidazole rings is 1. The Labute approximate surface area is 169 Å². The van der Waals surface area contributed by atoms with E-state index in [1.807, 2.05) is 30.6 Å². The molecule has 0 saturated carbocycles. The summed E-state index contributed by atoms with van der Waals surface area (Å²) >= 11 is 0. The van der Waals surface area contributed by atoms with Gasteiger partial charge in [-0.15, -0.1) is 0 Å². The predicted octanol–water partition coefficient (Wildman–Crippen LogP) is 6.14. The molecule has 0 radical (unpaired) electrons. The van der Waals surface area contributed by atoms with Crippen molar-refractivity contribution >= 4 is 27.5 Å². The van der Waals surface area contributed by atoms with Gasteiger partial charge in [-0.3, -0.25) is 9.38 Å². The molecule has 4 nitrogen and oxygen atoms in total. The second-order valence-electron chi connectivity index (χ2n) is 7.78. The lowest BCUT2D eigenvalue weighted by atomic mass is 9.92. The van der Waals surface area contributed by atoms with E-state index in [1.165, 1.54) is 16.7 Å². The van der Waals surface area contributed by atoms with E-state index in [4.69, 9.17) is 14.7 Å². The van der Waals surface area contributed by atoms with Crippen molar-refractivity contribution in [1.29, 1.82) is 0 Å². The van der Waals surface area contributed by atoms with Crippen molar-refractivity contribution in [3.63, 3.8) is 0 Å². The first kappa shape index (κ1) is 17.7. The van der Waals surface area contributed by atoms with Crippen LogP contribution in [0, 0.1) is 6.92 Å². The minimum Gasteiger partial charge on any atom is -0.497 e. The van der Waals surface area contributed by atoms with Gasteiger partial charge in [0.1, 0.15) is 11.4 Å². The highest BCUT2D eigenvalue weighted by atomic mass is 16.5. The Morgan fingerprint density at radius 3 is 2.62 bits per heavy atom. The van der Waals surface area contributed by atoms with E-state index in [1.54, 1.807) is 7.11 Å². The van der Waals surface area contributed by atoms with E-state index in [0.29, 0.717) is 5.92 Å². The molecule has 3 aromatic heterocycles. The van der Waals surface area contributed by atoms with Crippen LogP contribution in [0.25, 0.3) is 38.7 Å². The second kappa shape index (κ2) is 6.59. The maximum atomic E-state index is 5.46. The maximum absolute atomic E-state index is 5.46. The molecule has 5 rings (SSSR count). The molecule has 29 heavy (non-hydrogen) atoms. The van der Waals surface area contributed by atoms with E-state index in [9.17, 15) is 0 Å². The summed E-state index contributed by atoms with van der Waals surface area (Å²) in [5.74, 6) is 1.24. The lowest BCUT2D eigenvalue weighted by Crippen LogP contribution is -2.00. The monoisotopic (exact) mass is 381 g/mol. The van der Waals surface area contributed by atoms with Crippen LogP contribution in [-0.2, 0) is 0 Å². The summed E-state index contributed by atoms with van der Waals surface area (Å²) < 4.78 is 7.72. The van der Waals surface area contributed by atoms with Crippen LogP contribution in [0.15, 0.2) is 60.9 Å². The van der Waals surface area contributed by atoms with E-state index >= 15 is 0 Å². The third kappa shape index (κ3) is 2.59. The van der Waals surface area contributed by atoms with Crippen LogP contribution < -0.4 is 4.74 Å². The number of pyridine rings is 2. The maximum Gasteiger partial charge on any atom is 0.145 e. The molecule has 0 N–H and O–H groups in total. The zero-order valence-corrected chi connectivity index (χ0v) is 17.1. The van der Waals surface area contributed by atoms with E-state index in [0.717, 1.165) is 38.9 Å². The van der Waals surface area contributed by atoms with Crippen molar-refractivity contribution in [2.24, 2.45) is 0 Å². The standard InChI is InChI=1S/C25H23N3O/c1-15(2)18-8-5-7-16(3)23(18)22-14-27-25-19-11-10-17(29-4)13-20(19)24-21(28(22)25)9-6-12-26-24/h5-15H,1-4H3. The van der Waals surface area contributed by atoms with Crippen molar-refractivity contribution in [3.8, 4) is 17.0 Å². The number of hydrogen-bond acceptors (Lipinski definition) is 3.